The van der Waals surface area contributed by atoms with Crippen LogP contribution in [-0.4, -0.2) is 79.2 Å². The molecule has 0 atom stereocenters. The van der Waals surface area contributed by atoms with E-state index in [9.17, 15) is 0 Å². The van der Waals surface area contributed by atoms with Gasteiger partial charge in [-0.15, -0.1) is 0 Å². The molecule has 2 N–H and O–H groups in total. The molecule has 0 amide bonds. The first-order valence-electron chi connectivity index (χ1n) is 17.2. The molecule has 2 aromatic heterocycles. The standard InChI is InChI=1S/C37H51Cl2N7O/c1-5-6-35(40-4)41-24-28-10-13-45(14-11-28)26-29-19-34(30-21-31(38)23-32(39)22-30)43-37(20-29)47-33-7-8-36(42-25-33)46-17-15-44(16-18-46)12-9-27(2)3/h6-8,19-23,25,27-28,40-41H,5,9-18,24,26H2,1-4H3/b35-6-. The Morgan fingerprint density at radius 3 is 2.36 bits per heavy atom. The highest BCUT2D eigenvalue weighted by Gasteiger charge is 2.21. The van der Waals surface area contributed by atoms with Crippen LogP contribution in [0.3, 0.4) is 0 Å². The molecule has 0 bridgehead atoms. The van der Waals surface area contributed by atoms with Crippen molar-refractivity contribution >= 4 is 29.0 Å². The van der Waals surface area contributed by atoms with E-state index in [0.29, 0.717) is 27.6 Å². The second kappa shape index (κ2) is 17.4. The Morgan fingerprint density at radius 2 is 1.72 bits per heavy atom. The molecular formula is C37H51Cl2N7O. The summed E-state index contributed by atoms with van der Waals surface area (Å²) in [6.45, 7) is 15.9. The van der Waals surface area contributed by atoms with Crippen LogP contribution in [-0.2, 0) is 6.54 Å². The fraction of sp³-hybridized carbons (Fsp3) is 0.514. The second-order valence-electron chi connectivity index (χ2n) is 13.2. The smallest absolute Gasteiger partial charge is 0.220 e. The number of hydrogen-bond donors (Lipinski definition) is 2. The Hall–Kier alpha value is -3.04. The van der Waals surface area contributed by atoms with Crippen LogP contribution in [0.1, 0.15) is 52.0 Å². The van der Waals surface area contributed by atoms with Gasteiger partial charge in [-0.1, -0.05) is 44.0 Å². The lowest BCUT2D eigenvalue weighted by atomic mass is 9.96. The van der Waals surface area contributed by atoms with E-state index in [4.69, 9.17) is 37.9 Å². The van der Waals surface area contributed by atoms with Gasteiger partial charge < -0.3 is 20.3 Å². The molecule has 4 heterocycles. The Morgan fingerprint density at radius 1 is 0.979 bits per heavy atom. The van der Waals surface area contributed by atoms with Gasteiger partial charge in [-0.3, -0.25) is 9.80 Å². The minimum Gasteiger partial charge on any atom is -0.437 e. The number of ether oxygens (including phenoxy) is 1. The number of pyridine rings is 2. The van der Waals surface area contributed by atoms with E-state index in [0.717, 1.165) is 106 Å². The number of benzene rings is 1. The van der Waals surface area contributed by atoms with Crippen LogP contribution in [0, 0.1) is 11.8 Å². The van der Waals surface area contributed by atoms with E-state index in [-0.39, 0.29) is 0 Å². The topological polar surface area (TPSA) is 68.8 Å². The molecule has 10 heteroatoms. The SMILES string of the molecule is CC/C=C(/NC)NCC1CCN(Cc2cc(Oc3ccc(N4CCN(CCC(C)C)CC4)nc3)nc(-c3cc(Cl)cc(Cl)c3)c2)CC1. The fourth-order valence-electron chi connectivity index (χ4n) is 6.26. The van der Waals surface area contributed by atoms with Gasteiger partial charge in [0.05, 0.1) is 17.7 Å². The number of anilines is 1. The number of hydrogen-bond acceptors (Lipinski definition) is 8. The molecule has 0 radical (unpaired) electrons. The van der Waals surface area contributed by atoms with Crippen molar-refractivity contribution < 1.29 is 4.74 Å². The molecule has 0 spiro atoms. The third kappa shape index (κ3) is 10.7. The minimum atomic E-state index is 0.531. The van der Waals surface area contributed by atoms with E-state index in [1.165, 1.54) is 13.0 Å². The molecule has 8 nitrogen and oxygen atoms in total. The van der Waals surface area contributed by atoms with E-state index in [2.05, 4.69) is 64.3 Å². The van der Waals surface area contributed by atoms with Crippen LogP contribution >= 0.6 is 23.2 Å². The Bertz CT molecular complexity index is 1430. The van der Waals surface area contributed by atoms with Crippen LogP contribution in [0.15, 0.2) is 60.6 Å². The number of likely N-dealkylation sites (tertiary alicyclic amines) is 1. The van der Waals surface area contributed by atoms with Crippen molar-refractivity contribution in [3.8, 4) is 22.9 Å². The summed E-state index contributed by atoms with van der Waals surface area (Å²) >= 11 is 12.8. The number of nitrogens with zero attached hydrogens (tertiary/aromatic N) is 5. The molecular weight excluding hydrogens is 629 g/mol. The van der Waals surface area contributed by atoms with Crippen LogP contribution in [0.4, 0.5) is 5.82 Å². The number of piperidine rings is 1. The molecule has 3 aromatic rings. The van der Waals surface area contributed by atoms with Crippen LogP contribution < -0.4 is 20.3 Å². The third-order valence-corrected chi connectivity index (χ3v) is 9.49. The Kier molecular flexibility index (Phi) is 13.0. The van der Waals surface area contributed by atoms with Crippen LogP contribution in [0.25, 0.3) is 11.3 Å². The van der Waals surface area contributed by atoms with Crippen molar-refractivity contribution in [3.63, 3.8) is 0 Å². The van der Waals surface area contributed by atoms with Gasteiger partial charge in [0.2, 0.25) is 5.88 Å². The number of halogens is 2. The molecule has 254 valence electrons. The number of aromatic nitrogens is 2. The third-order valence-electron chi connectivity index (χ3n) is 9.05. The van der Waals surface area contributed by atoms with Crippen molar-refractivity contribution in [1.82, 2.24) is 30.4 Å². The van der Waals surface area contributed by atoms with Crippen molar-refractivity contribution in [2.45, 2.75) is 53.0 Å². The van der Waals surface area contributed by atoms with E-state index < -0.39 is 0 Å². The van der Waals surface area contributed by atoms with Crippen molar-refractivity contribution in [1.29, 1.82) is 0 Å². The summed E-state index contributed by atoms with van der Waals surface area (Å²) in [5.74, 6) is 4.69. The zero-order valence-corrected chi connectivity index (χ0v) is 30.0. The first-order chi connectivity index (χ1) is 22.8. The number of nitrogens with one attached hydrogen (secondary N) is 2. The molecule has 0 saturated carbocycles. The number of piperazine rings is 1. The number of allylic oxidation sites excluding steroid dienone is 1. The maximum atomic E-state index is 6.39. The van der Waals surface area contributed by atoms with Gasteiger partial charge in [0.1, 0.15) is 11.6 Å². The molecule has 5 rings (SSSR count). The van der Waals surface area contributed by atoms with Gasteiger partial charge in [0, 0.05) is 68.0 Å². The largest absolute Gasteiger partial charge is 0.437 e. The van der Waals surface area contributed by atoms with Crippen LogP contribution in [0.5, 0.6) is 11.6 Å². The quantitative estimate of drug-likeness (QED) is 0.180. The van der Waals surface area contributed by atoms with Crippen molar-refractivity contribution in [2.24, 2.45) is 11.8 Å². The van der Waals surface area contributed by atoms with Gasteiger partial charge in [-0.05, 0) is 105 Å². The zero-order valence-electron chi connectivity index (χ0n) is 28.4. The van der Waals surface area contributed by atoms with Gasteiger partial charge in [0.25, 0.3) is 0 Å². The number of rotatable bonds is 14. The first kappa shape index (κ1) is 35.3. The summed E-state index contributed by atoms with van der Waals surface area (Å²) in [6.07, 6.45) is 8.58. The van der Waals surface area contributed by atoms with E-state index >= 15 is 0 Å². The first-order valence-corrected chi connectivity index (χ1v) is 18.0. The average molecular weight is 681 g/mol. The summed E-state index contributed by atoms with van der Waals surface area (Å²) in [5.41, 5.74) is 2.78. The minimum absolute atomic E-state index is 0.531. The highest BCUT2D eigenvalue weighted by Crippen LogP contribution is 2.31. The monoisotopic (exact) mass is 679 g/mol. The van der Waals surface area contributed by atoms with Gasteiger partial charge in [-0.25, -0.2) is 9.97 Å². The summed E-state index contributed by atoms with van der Waals surface area (Å²) in [6, 6.07) is 13.7. The lowest BCUT2D eigenvalue weighted by molar-refractivity contribution is 0.176. The molecule has 0 unspecified atom stereocenters. The predicted molar refractivity (Wildman–Crippen MR) is 196 cm³/mol. The molecule has 0 aliphatic carbocycles. The molecule has 2 fully saturated rings. The van der Waals surface area contributed by atoms with Gasteiger partial charge in [0.15, 0.2) is 0 Å². The normalized spacial score (nSPS) is 16.9. The summed E-state index contributed by atoms with van der Waals surface area (Å²) in [4.78, 5) is 17.1. The second-order valence-corrected chi connectivity index (χ2v) is 14.1. The van der Waals surface area contributed by atoms with Crippen molar-refractivity contribution in [3.05, 3.63) is 76.2 Å². The molecule has 47 heavy (non-hydrogen) atoms. The average Bonchev–Trinajstić information content (AvgIpc) is 3.06. The summed E-state index contributed by atoms with van der Waals surface area (Å²) < 4.78 is 6.34. The molecule has 1 aromatic carbocycles. The zero-order chi connectivity index (χ0) is 33.2. The van der Waals surface area contributed by atoms with Crippen molar-refractivity contribution in [2.75, 3.05) is 64.3 Å². The lowest BCUT2D eigenvalue weighted by Gasteiger charge is -2.35. The van der Waals surface area contributed by atoms with Gasteiger partial charge in [-0.2, -0.15) is 0 Å². The predicted octanol–water partition coefficient (Wildman–Crippen LogP) is 7.68. The lowest BCUT2D eigenvalue weighted by Crippen LogP contribution is -2.47. The molecule has 2 saturated heterocycles. The molecule has 2 aliphatic heterocycles. The maximum Gasteiger partial charge on any atom is 0.220 e. The highest BCUT2D eigenvalue weighted by atomic mass is 35.5. The van der Waals surface area contributed by atoms with Gasteiger partial charge >= 0.3 is 0 Å². The Labute approximate surface area is 291 Å². The van der Waals surface area contributed by atoms with Crippen LogP contribution in [0.2, 0.25) is 10.0 Å². The summed E-state index contributed by atoms with van der Waals surface area (Å²) in [5, 5.41) is 7.99. The summed E-state index contributed by atoms with van der Waals surface area (Å²) in [7, 11) is 1.97. The highest BCUT2D eigenvalue weighted by molar-refractivity contribution is 6.35. The Balaban J connectivity index is 1.24. The van der Waals surface area contributed by atoms with E-state index in [1.807, 2.05) is 31.3 Å². The maximum absolute atomic E-state index is 6.39. The fourth-order valence-corrected chi connectivity index (χ4v) is 6.79. The molecule has 2 aliphatic rings. The van der Waals surface area contributed by atoms with E-state index in [1.54, 1.807) is 12.3 Å².